The third-order valence-corrected chi connectivity index (χ3v) is 4.47. The molecule has 0 radical (unpaired) electrons. The van der Waals surface area contributed by atoms with Gasteiger partial charge in [0.05, 0.1) is 0 Å². The third-order valence-electron chi connectivity index (χ3n) is 4.47. The first-order valence-corrected chi connectivity index (χ1v) is 6.00. The molecule has 0 aromatic heterocycles. The molecule has 1 nitrogen and oxygen atoms in total. The topological polar surface area (TPSA) is 17.1 Å². The van der Waals surface area contributed by atoms with Crippen molar-refractivity contribution in [1.82, 2.24) is 0 Å². The van der Waals surface area contributed by atoms with Gasteiger partial charge in [-0.2, -0.15) is 0 Å². The van der Waals surface area contributed by atoms with Crippen LogP contribution in [0.3, 0.4) is 0 Å². The van der Waals surface area contributed by atoms with E-state index in [2.05, 4.69) is 33.1 Å². The first kappa shape index (κ1) is 11.4. The van der Waals surface area contributed by atoms with Gasteiger partial charge in [0.25, 0.3) is 0 Å². The van der Waals surface area contributed by atoms with Crippen LogP contribution in [0.25, 0.3) is 0 Å². The average Bonchev–Trinajstić information content (AvgIpc) is 2.26. The summed E-state index contributed by atoms with van der Waals surface area (Å²) in [6.07, 6.45) is 7.86. The van der Waals surface area contributed by atoms with Crippen molar-refractivity contribution in [2.75, 3.05) is 0 Å². The molecule has 0 spiro atoms. The highest BCUT2D eigenvalue weighted by molar-refractivity contribution is 5.92. The lowest BCUT2D eigenvalue weighted by atomic mass is 9.52. The zero-order chi connectivity index (χ0) is 11.9. The van der Waals surface area contributed by atoms with Gasteiger partial charge in [-0.15, -0.1) is 13.2 Å². The van der Waals surface area contributed by atoms with Crippen molar-refractivity contribution in [3.05, 3.63) is 37.0 Å². The second kappa shape index (κ2) is 3.73. The molecule has 0 aliphatic heterocycles. The number of carbonyl (C=O) groups excluding carboxylic acids is 1. The molecule has 0 N–H and O–H groups in total. The summed E-state index contributed by atoms with van der Waals surface area (Å²) in [6, 6.07) is 0. The molecule has 86 valence electrons. The molecular formula is C15H20O. The quantitative estimate of drug-likeness (QED) is 0.659. The van der Waals surface area contributed by atoms with E-state index in [0.717, 1.165) is 12.8 Å². The second-order valence-corrected chi connectivity index (χ2v) is 5.40. The van der Waals surface area contributed by atoms with Crippen molar-refractivity contribution in [3.8, 4) is 0 Å². The lowest BCUT2D eigenvalue weighted by Crippen LogP contribution is -2.50. The molecule has 16 heavy (non-hydrogen) atoms. The smallest absolute Gasteiger partial charge is 0.147 e. The van der Waals surface area contributed by atoms with Crippen LogP contribution in [0.5, 0.6) is 0 Å². The van der Waals surface area contributed by atoms with Crippen LogP contribution in [0, 0.1) is 23.2 Å². The molecule has 1 fully saturated rings. The van der Waals surface area contributed by atoms with Crippen LogP contribution in [0.4, 0.5) is 0 Å². The second-order valence-electron chi connectivity index (χ2n) is 5.40. The van der Waals surface area contributed by atoms with E-state index < -0.39 is 0 Å². The fourth-order valence-electron chi connectivity index (χ4n) is 3.50. The SMILES string of the molecule is C=CC[C@@]1(C)C(=O)[C@H]2C=C(C)[C@@H]1C[C@@H]2C=C. The number of fused-ring (bicyclic) bond motifs is 2. The molecule has 3 rings (SSSR count). The molecule has 0 saturated heterocycles. The highest BCUT2D eigenvalue weighted by Crippen LogP contribution is 2.53. The number of carbonyl (C=O) groups is 1. The van der Waals surface area contributed by atoms with E-state index in [9.17, 15) is 4.79 Å². The fourth-order valence-corrected chi connectivity index (χ4v) is 3.50. The number of rotatable bonds is 3. The molecule has 0 unspecified atom stereocenters. The van der Waals surface area contributed by atoms with Gasteiger partial charge in [0, 0.05) is 11.3 Å². The first-order valence-electron chi connectivity index (χ1n) is 6.00. The van der Waals surface area contributed by atoms with Gasteiger partial charge in [0.2, 0.25) is 0 Å². The van der Waals surface area contributed by atoms with Crippen LogP contribution in [-0.4, -0.2) is 5.78 Å². The summed E-state index contributed by atoms with van der Waals surface area (Å²) < 4.78 is 0. The summed E-state index contributed by atoms with van der Waals surface area (Å²) in [4.78, 5) is 12.5. The molecule has 2 bridgehead atoms. The van der Waals surface area contributed by atoms with Gasteiger partial charge in [-0.05, 0) is 31.6 Å². The first-order chi connectivity index (χ1) is 7.54. The van der Waals surface area contributed by atoms with E-state index in [1.54, 1.807) is 0 Å². The van der Waals surface area contributed by atoms with E-state index in [4.69, 9.17) is 0 Å². The van der Waals surface area contributed by atoms with Crippen LogP contribution < -0.4 is 0 Å². The predicted octanol–water partition coefficient (Wildman–Crippen LogP) is 3.54. The highest BCUT2D eigenvalue weighted by Gasteiger charge is 2.52. The highest BCUT2D eigenvalue weighted by atomic mass is 16.1. The minimum absolute atomic E-state index is 0.0625. The van der Waals surface area contributed by atoms with Gasteiger partial charge < -0.3 is 0 Å². The monoisotopic (exact) mass is 216 g/mol. The van der Waals surface area contributed by atoms with Gasteiger partial charge in [0.15, 0.2) is 0 Å². The van der Waals surface area contributed by atoms with Crippen molar-refractivity contribution in [2.45, 2.75) is 26.7 Å². The molecule has 0 aromatic carbocycles. The summed E-state index contributed by atoms with van der Waals surface area (Å²) in [6.45, 7) is 11.9. The third kappa shape index (κ3) is 1.34. The number of Topliss-reactive ketones (excluding diaryl/α,β-unsaturated/α-hetero) is 1. The Morgan fingerprint density at radius 3 is 2.81 bits per heavy atom. The van der Waals surface area contributed by atoms with E-state index in [0.29, 0.717) is 17.6 Å². The number of hydrogen-bond acceptors (Lipinski definition) is 1. The molecule has 0 amide bonds. The Balaban J connectivity index is 2.43. The molecule has 0 heterocycles. The molecule has 1 saturated carbocycles. The largest absolute Gasteiger partial charge is 0.298 e. The van der Waals surface area contributed by atoms with E-state index in [-0.39, 0.29) is 11.3 Å². The van der Waals surface area contributed by atoms with Crippen LogP contribution in [0.15, 0.2) is 37.0 Å². The lowest BCUT2D eigenvalue weighted by Gasteiger charge is -2.50. The van der Waals surface area contributed by atoms with Gasteiger partial charge >= 0.3 is 0 Å². The van der Waals surface area contributed by atoms with Crippen LogP contribution >= 0.6 is 0 Å². The summed E-state index contributed by atoms with van der Waals surface area (Å²) in [5.74, 6) is 1.18. The number of hydrogen-bond donors (Lipinski definition) is 0. The molecule has 1 heteroatoms. The standard InChI is InChI=1S/C15H20O/c1-5-7-15(4)13-9-11(6-2)12(14(15)16)8-10(13)3/h5-6,8,11-13H,1-2,7,9H2,3-4H3/t11-,12-,13-,15+/m0/s1. The zero-order valence-corrected chi connectivity index (χ0v) is 10.2. The van der Waals surface area contributed by atoms with Crippen LogP contribution in [0.2, 0.25) is 0 Å². The molecule has 4 atom stereocenters. The Hall–Kier alpha value is -1.11. The zero-order valence-electron chi connectivity index (χ0n) is 10.2. The van der Waals surface area contributed by atoms with Crippen LogP contribution in [-0.2, 0) is 4.79 Å². The summed E-state index contributed by atoms with van der Waals surface area (Å²) in [5.41, 5.74) is 1.16. The van der Waals surface area contributed by atoms with Gasteiger partial charge in [0.1, 0.15) is 5.78 Å². The van der Waals surface area contributed by atoms with E-state index in [1.807, 2.05) is 12.2 Å². The molecule has 3 aliphatic carbocycles. The molecule has 0 aromatic rings. The summed E-state index contributed by atoms with van der Waals surface area (Å²) in [7, 11) is 0. The van der Waals surface area contributed by atoms with E-state index >= 15 is 0 Å². The molecule has 3 aliphatic rings. The Morgan fingerprint density at radius 1 is 1.56 bits per heavy atom. The van der Waals surface area contributed by atoms with Crippen molar-refractivity contribution >= 4 is 5.78 Å². The maximum atomic E-state index is 12.5. The summed E-state index contributed by atoms with van der Waals surface area (Å²) in [5, 5.41) is 0. The van der Waals surface area contributed by atoms with Gasteiger partial charge in [-0.1, -0.05) is 30.7 Å². The normalized spacial score (nSPS) is 41.8. The van der Waals surface area contributed by atoms with Crippen molar-refractivity contribution in [1.29, 1.82) is 0 Å². The van der Waals surface area contributed by atoms with Crippen molar-refractivity contribution < 1.29 is 4.79 Å². The maximum Gasteiger partial charge on any atom is 0.147 e. The maximum absolute atomic E-state index is 12.5. The predicted molar refractivity (Wildman–Crippen MR) is 67.0 cm³/mol. The Bertz CT molecular complexity index is 377. The minimum Gasteiger partial charge on any atom is -0.298 e. The van der Waals surface area contributed by atoms with Crippen molar-refractivity contribution in [3.63, 3.8) is 0 Å². The number of ketones is 1. The Kier molecular flexibility index (Phi) is 2.65. The van der Waals surface area contributed by atoms with Gasteiger partial charge in [-0.25, -0.2) is 0 Å². The van der Waals surface area contributed by atoms with Crippen LogP contribution in [0.1, 0.15) is 26.7 Å². The Morgan fingerprint density at radius 2 is 2.25 bits per heavy atom. The van der Waals surface area contributed by atoms with Crippen molar-refractivity contribution in [2.24, 2.45) is 23.2 Å². The fraction of sp³-hybridized carbons (Fsp3) is 0.533. The molecular weight excluding hydrogens is 196 g/mol. The minimum atomic E-state index is -0.217. The van der Waals surface area contributed by atoms with E-state index in [1.165, 1.54) is 5.57 Å². The summed E-state index contributed by atoms with van der Waals surface area (Å²) >= 11 is 0. The Labute approximate surface area is 97.9 Å². The average molecular weight is 216 g/mol. The lowest BCUT2D eigenvalue weighted by molar-refractivity contribution is -0.139. The van der Waals surface area contributed by atoms with Gasteiger partial charge in [-0.3, -0.25) is 4.79 Å². The number of allylic oxidation sites excluding steroid dienone is 4.